The second-order valence-corrected chi connectivity index (χ2v) is 4.25. The second-order valence-electron chi connectivity index (χ2n) is 4.25. The van der Waals surface area contributed by atoms with Crippen molar-refractivity contribution in [2.75, 3.05) is 26.4 Å². The van der Waals surface area contributed by atoms with Gasteiger partial charge in [-0.25, -0.2) is 4.79 Å². The molecule has 1 heterocycles. The molecule has 1 aromatic rings. The van der Waals surface area contributed by atoms with Gasteiger partial charge in [-0.05, 0) is 24.6 Å². The lowest BCUT2D eigenvalue weighted by atomic mass is 10.1. The number of ether oxygens (including phenoxy) is 3. The smallest absolute Gasteiger partial charge is 0.404 e. The Labute approximate surface area is 111 Å². The monoisotopic (exact) mass is 266 g/mol. The van der Waals surface area contributed by atoms with Crippen LogP contribution in [0.2, 0.25) is 0 Å². The van der Waals surface area contributed by atoms with Crippen LogP contribution in [-0.4, -0.2) is 32.5 Å². The molecule has 3 N–H and O–H groups in total. The molecule has 1 atom stereocenters. The summed E-state index contributed by atoms with van der Waals surface area (Å²) in [7, 11) is 0. The fraction of sp³-hybridized carbons (Fsp3) is 0.462. The molecule has 1 aromatic carbocycles. The molecule has 0 bridgehead atoms. The van der Waals surface area contributed by atoms with Gasteiger partial charge in [-0.15, -0.1) is 0 Å². The Hall–Kier alpha value is -1.95. The Kier molecular flexibility index (Phi) is 4.46. The van der Waals surface area contributed by atoms with E-state index in [1.54, 1.807) is 0 Å². The quantitative estimate of drug-likeness (QED) is 0.783. The third-order valence-electron chi connectivity index (χ3n) is 2.86. The molecule has 0 aliphatic carbocycles. The van der Waals surface area contributed by atoms with Crippen molar-refractivity contribution in [2.45, 2.75) is 13.0 Å². The van der Waals surface area contributed by atoms with Gasteiger partial charge < -0.3 is 25.3 Å². The Bertz CT molecular complexity index is 450. The van der Waals surface area contributed by atoms with Gasteiger partial charge in [0, 0.05) is 12.6 Å². The number of carbonyl (C=O) groups is 1. The van der Waals surface area contributed by atoms with E-state index in [4.69, 9.17) is 15.2 Å². The summed E-state index contributed by atoms with van der Waals surface area (Å²) in [4.78, 5) is 10.4. The van der Waals surface area contributed by atoms with Crippen LogP contribution in [0.3, 0.4) is 0 Å². The van der Waals surface area contributed by atoms with Crippen LogP contribution in [-0.2, 0) is 4.74 Å². The first-order valence-electron chi connectivity index (χ1n) is 6.22. The van der Waals surface area contributed by atoms with E-state index in [1.807, 2.05) is 25.1 Å². The average molecular weight is 266 g/mol. The fourth-order valence-electron chi connectivity index (χ4n) is 1.87. The van der Waals surface area contributed by atoms with Crippen molar-refractivity contribution in [1.29, 1.82) is 0 Å². The van der Waals surface area contributed by atoms with Crippen LogP contribution >= 0.6 is 0 Å². The molecule has 2 rings (SSSR count). The summed E-state index contributed by atoms with van der Waals surface area (Å²) in [5.74, 6) is 1.55. The van der Waals surface area contributed by atoms with Crippen molar-refractivity contribution < 1.29 is 19.0 Å². The predicted octanol–water partition coefficient (Wildman–Crippen LogP) is 1.20. The van der Waals surface area contributed by atoms with E-state index in [0.717, 1.165) is 17.1 Å². The summed E-state index contributed by atoms with van der Waals surface area (Å²) in [6, 6.07) is 5.97. The van der Waals surface area contributed by atoms with Gasteiger partial charge in [0.2, 0.25) is 0 Å². The van der Waals surface area contributed by atoms with Gasteiger partial charge >= 0.3 is 6.09 Å². The second kappa shape index (κ2) is 6.29. The first kappa shape index (κ1) is 13.5. The highest BCUT2D eigenvalue weighted by atomic mass is 16.6. The molecule has 0 saturated carbocycles. The first-order valence-corrected chi connectivity index (χ1v) is 6.22. The van der Waals surface area contributed by atoms with E-state index >= 15 is 0 Å². The molecule has 1 amide bonds. The van der Waals surface area contributed by atoms with Gasteiger partial charge in [0.15, 0.2) is 11.5 Å². The summed E-state index contributed by atoms with van der Waals surface area (Å²) in [6.07, 6.45) is -0.756. The van der Waals surface area contributed by atoms with Gasteiger partial charge in [0.1, 0.15) is 19.8 Å². The molecule has 6 nitrogen and oxygen atoms in total. The molecule has 6 heteroatoms. The number of hydrogen-bond acceptors (Lipinski definition) is 5. The summed E-state index contributed by atoms with van der Waals surface area (Å²) in [6.45, 7) is 3.98. The highest BCUT2D eigenvalue weighted by Crippen LogP contribution is 2.32. The van der Waals surface area contributed by atoms with Gasteiger partial charge in [-0.2, -0.15) is 0 Å². The zero-order valence-electron chi connectivity index (χ0n) is 10.8. The zero-order chi connectivity index (χ0) is 13.7. The van der Waals surface area contributed by atoms with Crippen LogP contribution in [0.25, 0.3) is 0 Å². The molecule has 1 aliphatic heterocycles. The SMILES string of the molecule is CC(NCCOC(N)=O)c1ccc2c(c1)OCCO2. The van der Waals surface area contributed by atoms with E-state index < -0.39 is 6.09 Å². The number of benzene rings is 1. The minimum absolute atomic E-state index is 0.118. The molecule has 1 aliphatic rings. The number of amides is 1. The lowest BCUT2D eigenvalue weighted by Crippen LogP contribution is -2.26. The van der Waals surface area contributed by atoms with Crippen LogP contribution in [0.5, 0.6) is 11.5 Å². The third kappa shape index (κ3) is 3.75. The average Bonchev–Trinajstić information content (AvgIpc) is 2.42. The standard InChI is InChI=1S/C13H18N2O4/c1-9(15-4-5-19-13(14)16)10-2-3-11-12(8-10)18-7-6-17-11/h2-3,8-9,15H,4-7H2,1H3,(H2,14,16). The largest absolute Gasteiger partial charge is 0.486 e. The number of rotatable bonds is 5. The normalized spacial score (nSPS) is 14.8. The van der Waals surface area contributed by atoms with Crippen molar-refractivity contribution in [1.82, 2.24) is 5.32 Å². The minimum atomic E-state index is -0.756. The van der Waals surface area contributed by atoms with Gasteiger partial charge in [0.05, 0.1) is 0 Å². The van der Waals surface area contributed by atoms with Crippen molar-refractivity contribution in [2.24, 2.45) is 5.73 Å². The van der Waals surface area contributed by atoms with Crippen molar-refractivity contribution in [3.63, 3.8) is 0 Å². The maximum atomic E-state index is 10.4. The van der Waals surface area contributed by atoms with Gasteiger partial charge in [-0.3, -0.25) is 0 Å². The number of primary amides is 1. The summed E-state index contributed by atoms with van der Waals surface area (Å²) in [5, 5.41) is 3.23. The van der Waals surface area contributed by atoms with E-state index in [1.165, 1.54) is 0 Å². The van der Waals surface area contributed by atoms with Crippen LogP contribution in [0.1, 0.15) is 18.5 Å². The Morgan fingerprint density at radius 3 is 2.89 bits per heavy atom. The first-order chi connectivity index (χ1) is 9.16. The van der Waals surface area contributed by atoms with Crippen molar-refractivity contribution in [3.05, 3.63) is 23.8 Å². The summed E-state index contributed by atoms with van der Waals surface area (Å²) >= 11 is 0. The maximum Gasteiger partial charge on any atom is 0.404 e. The van der Waals surface area contributed by atoms with E-state index in [9.17, 15) is 4.79 Å². The van der Waals surface area contributed by atoms with Crippen LogP contribution < -0.4 is 20.5 Å². The molecule has 0 spiro atoms. The minimum Gasteiger partial charge on any atom is -0.486 e. The molecule has 0 radical (unpaired) electrons. The van der Waals surface area contributed by atoms with E-state index in [2.05, 4.69) is 10.1 Å². The Balaban J connectivity index is 1.88. The lowest BCUT2D eigenvalue weighted by molar-refractivity contribution is 0.156. The molecular weight excluding hydrogens is 248 g/mol. The maximum absolute atomic E-state index is 10.4. The highest BCUT2D eigenvalue weighted by Gasteiger charge is 2.14. The third-order valence-corrected chi connectivity index (χ3v) is 2.86. The van der Waals surface area contributed by atoms with Crippen molar-refractivity contribution >= 4 is 6.09 Å². The highest BCUT2D eigenvalue weighted by molar-refractivity contribution is 5.64. The predicted molar refractivity (Wildman–Crippen MR) is 69.4 cm³/mol. The zero-order valence-corrected chi connectivity index (χ0v) is 10.8. The Morgan fingerprint density at radius 2 is 2.16 bits per heavy atom. The van der Waals surface area contributed by atoms with Crippen LogP contribution in [0, 0.1) is 0 Å². The topological polar surface area (TPSA) is 82.8 Å². The molecule has 0 saturated heterocycles. The molecule has 1 unspecified atom stereocenters. The van der Waals surface area contributed by atoms with E-state index in [0.29, 0.717) is 19.8 Å². The van der Waals surface area contributed by atoms with Crippen LogP contribution in [0.4, 0.5) is 4.79 Å². The molecule has 19 heavy (non-hydrogen) atoms. The van der Waals surface area contributed by atoms with Crippen LogP contribution in [0.15, 0.2) is 18.2 Å². The molecule has 0 fully saturated rings. The number of hydrogen-bond donors (Lipinski definition) is 2. The molecule has 104 valence electrons. The number of nitrogens with two attached hydrogens (primary N) is 1. The number of nitrogens with one attached hydrogen (secondary N) is 1. The van der Waals surface area contributed by atoms with Gasteiger partial charge in [-0.1, -0.05) is 6.07 Å². The fourth-order valence-corrected chi connectivity index (χ4v) is 1.87. The van der Waals surface area contributed by atoms with Crippen molar-refractivity contribution in [3.8, 4) is 11.5 Å². The number of fused-ring (bicyclic) bond motifs is 1. The summed E-state index contributed by atoms with van der Waals surface area (Å²) < 4.78 is 15.6. The lowest BCUT2D eigenvalue weighted by Gasteiger charge is -2.21. The van der Waals surface area contributed by atoms with E-state index in [-0.39, 0.29) is 12.6 Å². The molecule has 0 aromatic heterocycles. The van der Waals surface area contributed by atoms with Gasteiger partial charge in [0.25, 0.3) is 0 Å². The summed E-state index contributed by atoms with van der Waals surface area (Å²) in [5.41, 5.74) is 5.96. The number of carbonyl (C=O) groups excluding carboxylic acids is 1. The molecular formula is C13H18N2O4. The Morgan fingerprint density at radius 1 is 1.42 bits per heavy atom.